The SMILES string of the molecule is CC(C)(Sc1ccc(Br)cc1)C(=O)NCC(N)C1CC1.Cl. The van der Waals surface area contributed by atoms with Crippen molar-refractivity contribution in [1.29, 1.82) is 0 Å². The third kappa shape index (κ3) is 5.81. The largest absolute Gasteiger partial charge is 0.353 e. The summed E-state index contributed by atoms with van der Waals surface area (Å²) in [5.74, 6) is 0.652. The molecule has 0 bridgehead atoms. The molecule has 0 aromatic heterocycles. The molecule has 0 heterocycles. The normalized spacial score (nSPS) is 16.0. The summed E-state index contributed by atoms with van der Waals surface area (Å²) >= 11 is 4.98. The second-order valence-electron chi connectivity index (χ2n) is 5.78. The molecule has 1 unspecified atom stereocenters. The zero-order valence-electron chi connectivity index (χ0n) is 12.3. The third-order valence-electron chi connectivity index (χ3n) is 3.46. The van der Waals surface area contributed by atoms with E-state index in [1.165, 1.54) is 12.8 Å². The van der Waals surface area contributed by atoms with E-state index in [9.17, 15) is 4.79 Å². The monoisotopic (exact) mass is 392 g/mol. The fraction of sp³-hybridized carbons (Fsp3) is 0.533. The van der Waals surface area contributed by atoms with Crippen molar-refractivity contribution in [3.63, 3.8) is 0 Å². The van der Waals surface area contributed by atoms with Gasteiger partial charge in [0, 0.05) is 22.0 Å². The van der Waals surface area contributed by atoms with Gasteiger partial charge in [0.25, 0.3) is 0 Å². The van der Waals surface area contributed by atoms with Gasteiger partial charge in [-0.1, -0.05) is 15.9 Å². The van der Waals surface area contributed by atoms with Crippen LogP contribution >= 0.6 is 40.1 Å². The molecule has 1 fully saturated rings. The van der Waals surface area contributed by atoms with Crippen LogP contribution in [0.15, 0.2) is 33.6 Å². The predicted octanol–water partition coefficient (Wildman–Crippen LogP) is 3.60. The fourth-order valence-electron chi connectivity index (χ4n) is 1.96. The van der Waals surface area contributed by atoms with E-state index in [0.29, 0.717) is 12.5 Å². The number of hydrogen-bond donors (Lipinski definition) is 2. The van der Waals surface area contributed by atoms with Crippen LogP contribution in [-0.2, 0) is 4.79 Å². The van der Waals surface area contributed by atoms with Crippen molar-refractivity contribution < 1.29 is 4.79 Å². The summed E-state index contributed by atoms with van der Waals surface area (Å²) in [5, 5.41) is 2.98. The van der Waals surface area contributed by atoms with Crippen molar-refractivity contribution in [3.8, 4) is 0 Å². The highest BCUT2D eigenvalue weighted by atomic mass is 79.9. The molecular weight excluding hydrogens is 372 g/mol. The lowest BCUT2D eigenvalue weighted by molar-refractivity contribution is -0.122. The van der Waals surface area contributed by atoms with Crippen LogP contribution in [0.5, 0.6) is 0 Å². The van der Waals surface area contributed by atoms with E-state index in [4.69, 9.17) is 5.73 Å². The molecule has 1 amide bonds. The summed E-state index contributed by atoms with van der Waals surface area (Å²) in [6, 6.07) is 8.10. The lowest BCUT2D eigenvalue weighted by Gasteiger charge is -2.24. The maximum absolute atomic E-state index is 12.3. The first-order valence-electron chi connectivity index (χ1n) is 6.87. The molecule has 6 heteroatoms. The van der Waals surface area contributed by atoms with E-state index >= 15 is 0 Å². The molecule has 1 aromatic carbocycles. The van der Waals surface area contributed by atoms with Gasteiger partial charge in [-0.2, -0.15) is 0 Å². The Balaban J connectivity index is 0.00000220. The molecule has 0 spiro atoms. The van der Waals surface area contributed by atoms with Crippen molar-refractivity contribution >= 4 is 46.0 Å². The molecule has 21 heavy (non-hydrogen) atoms. The number of hydrogen-bond acceptors (Lipinski definition) is 3. The predicted molar refractivity (Wildman–Crippen MR) is 95.0 cm³/mol. The van der Waals surface area contributed by atoms with Gasteiger partial charge in [0.15, 0.2) is 0 Å². The van der Waals surface area contributed by atoms with Gasteiger partial charge in [-0.15, -0.1) is 24.2 Å². The molecule has 0 saturated heterocycles. The van der Waals surface area contributed by atoms with E-state index in [1.54, 1.807) is 11.8 Å². The zero-order chi connectivity index (χ0) is 14.8. The highest BCUT2D eigenvalue weighted by Gasteiger charge is 2.32. The number of carbonyl (C=O) groups excluding carboxylic acids is 1. The van der Waals surface area contributed by atoms with E-state index in [0.717, 1.165) is 9.37 Å². The molecular formula is C15H22BrClN2OS. The van der Waals surface area contributed by atoms with E-state index in [-0.39, 0.29) is 24.4 Å². The fourth-order valence-corrected chi connectivity index (χ4v) is 3.25. The van der Waals surface area contributed by atoms with Crippen LogP contribution in [0, 0.1) is 5.92 Å². The van der Waals surface area contributed by atoms with Crippen LogP contribution in [0.4, 0.5) is 0 Å². The number of carbonyl (C=O) groups is 1. The highest BCUT2D eigenvalue weighted by molar-refractivity contribution is 9.10. The standard InChI is InChI=1S/C15H21BrN2OS.ClH/c1-15(2,20-12-7-5-11(16)6-8-12)14(19)18-9-13(17)10-3-4-10;/h5-8,10,13H,3-4,9,17H2,1-2H3,(H,18,19);1H. The minimum absolute atomic E-state index is 0. The summed E-state index contributed by atoms with van der Waals surface area (Å²) in [6.07, 6.45) is 2.40. The number of benzene rings is 1. The number of nitrogens with one attached hydrogen (secondary N) is 1. The second kappa shape index (κ2) is 7.86. The van der Waals surface area contributed by atoms with Crippen molar-refractivity contribution in [3.05, 3.63) is 28.7 Å². The quantitative estimate of drug-likeness (QED) is 0.726. The molecule has 3 N–H and O–H groups in total. The van der Waals surface area contributed by atoms with Gasteiger partial charge in [0.1, 0.15) is 0 Å². The topological polar surface area (TPSA) is 55.1 Å². The van der Waals surface area contributed by atoms with Gasteiger partial charge in [0.05, 0.1) is 4.75 Å². The first-order chi connectivity index (χ1) is 9.38. The van der Waals surface area contributed by atoms with Gasteiger partial charge < -0.3 is 11.1 Å². The summed E-state index contributed by atoms with van der Waals surface area (Å²) in [5.41, 5.74) is 6.01. The molecule has 2 rings (SSSR count). The Kier molecular flexibility index (Phi) is 7.04. The van der Waals surface area contributed by atoms with Crippen LogP contribution < -0.4 is 11.1 Å². The summed E-state index contributed by atoms with van der Waals surface area (Å²) in [4.78, 5) is 13.4. The Labute approximate surface area is 145 Å². The van der Waals surface area contributed by atoms with Crippen molar-refractivity contribution in [1.82, 2.24) is 5.32 Å². The Morgan fingerprint density at radius 2 is 2.00 bits per heavy atom. The number of thioether (sulfide) groups is 1. The second-order valence-corrected chi connectivity index (χ2v) is 8.39. The zero-order valence-corrected chi connectivity index (χ0v) is 15.5. The number of amides is 1. The molecule has 118 valence electrons. The van der Waals surface area contributed by atoms with Crippen LogP contribution in [0.3, 0.4) is 0 Å². The lowest BCUT2D eigenvalue weighted by Crippen LogP contribution is -2.45. The summed E-state index contributed by atoms with van der Waals surface area (Å²) in [7, 11) is 0. The lowest BCUT2D eigenvalue weighted by atomic mass is 10.1. The molecule has 1 aliphatic rings. The van der Waals surface area contributed by atoms with E-state index < -0.39 is 4.75 Å². The van der Waals surface area contributed by atoms with Gasteiger partial charge in [-0.25, -0.2) is 0 Å². The van der Waals surface area contributed by atoms with Crippen LogP contribution in [-0.4, -0.2) is 23.2 Å². The average Bonchev–Trinajstić information content (AvgIpc) is 3.22. The Morgan fingerprint density at radius 3 is 2.52 bits per heavy atom. The maximum Gasteiger partial charge on any atom is 0.236 e. The van der Waals surface area contributed by atoms with Crippen molar-refractivity contribution in [2.24, 2.45) is 11.7 Å². The Morgan fingerprint density at radius 1 is 1.43 bits per heavy atom. The molecule has 1 atom stereocenters. The van der Waals surface area contributed by atoms with E-state index in [2.05, 4.69) is 21.2 Å². The highest BCUT2D eigenvalue weighted by Crippen LogP contribution is 2.34. The van der Waals surface area contributed by atoms with Crippen LogP contribution in [0.2, 0.25) is 0 Å². The number of rotatable bonds is 6. The van der Waals surface area contributed by atoms with Gasteiger partial charge in [0.2, 0.25) is 5.91 Å². The molecule has 1 aliphatic carbocycles. The minimum Gasteiger partial charge on any atom is -0.353 e. The van der Waals surface area contributed by atoms with Gasteiger partial charge in [-0.05, 0) is 56.9 Å². The van der Waals surface area contributed by atoms with Crippen molar-refractivity contribution in [2.75, 3.05) is 6.54 Å². The van der Waals surface area contributed by atoms with E-state index in [1.807, 2.05) is 38.1 Å². The summed E-state index contributed by atoms with van der Waals surface area (Å²) < 4.78 is 0.538. The average molecular weight is 394 g/mol. The summed E-state index contributed by atoms with van der Waals surface area (Å²) in [6.45, 7) is 4.46. The Bertz CT molecular complexity index is 477. The Hall–Kier alpha value is -0.230. The molecule has 1 saturated carbocycles. The van der Waals surface area contributed by atoms with Gasteiger partial charge >= 0.3 is 0 Å². The number of halogens is 2. The van der Waals surface area contributed by atoms with Crippen molar-refractivity contribution in [2.45, 2.75) is 42.4 Å². The first kappa shape index (κ1) is 18.8. The molecule has 3 nitrogen and oxygen atoms in total. The maximum atomic E-state index is 12.3. The number of nitrogens with two attached hydrogens (primary N) is 1. The molecule has 0 aliphatic heterocycles. The third-order valence-corrected chi connectivity index (χ3v) is 5.19. The first-order valence-corrected chi connectivity index (χ1v) is 8.48. The minimum atomic E-state index is -0.503. The molecule has 0 radical (unpaired) electrons. The van der Waals surface area contributed by atoms with Gasteiger partial charge in [-0.3, -0.25) is 4.79 Å². The van der Waals surface area contributed by atoms with Crippen LogP contribution in [0.25, 0.3) is 0 Å². The smallest absolute Gasteiger partial charge is 0.236 e. The molecule has 1 aromatic rings. The van der Waals surface area contributed by atoms with Crippen LogP contribution in [0.1, 0.15) is 26.7 Å².